The first-order chi connectivity index (χ1) is 12.9. The molecule has 1 aromatic heterocycles. The van der Waals surface area contributed by atoms with Gasteiger partial charge in [0.1, 0.15) is 5.56 Å². The molecule has 0 fully saturated rings. The highest BCUT2D eigenvalue weighted by Crippen LogP contribution is 2.25. The van der Waals surface area contributed by atoms with Crippen LogP contribution in [0.2, 0.25) is 5.02 Å². The zero-order chi connectivity index (χ0) is 19.3. The van der Waals surface area contributed by atoms with Crippen LogP contribution in [0.4, 0.5) is 0 Å². The van der Waals surface area contributed by atoms with Crippen LogP contribution >= 0.6 is 11.6 Å². The van der Waals surface area contributed by atoms with E-state index < -0.39 is 23.0 Å². The summed E-state index contributed by atoms with van der Waals surface area (Å²) in [6.45, 7) is 1.79. The van der Waals surface area contributed by atoms with Crippen LogP contribution in [0.1, 0.15) is 11.1 Å². The molecule has 1 aliphatic rings. The quantitative estimate of drug-likeness (QED) is 0.676. The van der Waals surface area contributed by atoms with Crippen LogP contribution in [-0.4, -0.2) is 20.6 Å². The van der Waals surface area contributed by atoms with Gasteiger partial charge in [0.25, 0.3) is 11.5 Å². The third-order valence-electron chi connectivity index (χ3n) is 4.36. The van der Waals surface area contributed by atoms with Gasteiger partial charge in [-0.05, 0) is 30.7 Å². The number of nitrogens with one attached hydrogen (secondary N) is 1. The number of hydrogen-bond acceptors (Lipinski definition) is 4. The maximum atomic E-state index is 12.4. The Balaban J connectivity index is 2.10. The Labute approximate surface area is 156 Å². The second-order valence-corrected chi connectivity index (χ2v) is 6.44. The Morgan fingerprint density at radius 3 is 2.59 bits per heavy atom. The number of aromatic amines is 1. The fourth-order valence-electron chi connectivity index (χ4n) is 3.02. The van der Waals surface area contributed by atoms with Crippen molar-refractivity contribution in [2.24, 2.45) is 4.99 Å². The van der Waals surface area contributed by atoms with Crippen molar-refractivity contribution in [2.45, 2.75) is 6.92 Å². The van der Waals surface area contributed by atoms with E-state index >= 15 is 0 Å². The second-order valence-electron chi connectivity index (χ2n) is 6.04. The molecule has 0 saturated heterocycles. The molecular weight excluding hydrogens is 370 g/mol. The molecule has 0 atom stereocenters. The van der Waals surface area contributed by atoms with Crippen LogP contribution in [0.3, 0.4) is 0 Å². The van der Waals surface area contributed by atoms with E-state index in [9.17, 15) is 19.5 Å². The van der Waals surface area contributed by atoms with Gasteiger partial charge < -0.3 is 5.11 Å². The number of hydrogen-bond donors (Lipinski definition) is 2. The zero-order valence-corrected chi connectivity index (χ0v) is 14.7. The second kappa shape index (κ2) is 6.07. The molecule has 2 N–H and O–H groups in total. The topological polar surface area (TPSA) is 105 Å². The fourth-order valence-corrected chi connectivity index (χ4v) is 3.19. The smallest absolute Gasteiger partial charge is 0.335 e. The van der Waals surface area contributed by atoms with Crippen LogP contribution in [0.5, 0.6) is 5.88 Å². The molecule has 0 saturated carbocycles. The van der Waals surface area contributed by atoms with Crippen LogP contribution < -0.4 is 21.8 Å². The van der Waals surface area contributed by atoms with E-state index in [2.05, 4.69) is 9.98 Å². The molecule has 3 aromatic rings. The Morgan fingerprint density at radius 2 is 1.85 bits per heavy atom. The predicted octanol–water partition coefficient (Wildman–Crippen LogP) is 0.552. The molecule has 0 bridgehead atoms. The summed E-state index contributed by atoms with van der Waals surface area (Å²) in [6, 6.07) is 11.4. The standard InChI is InChI=1S/C19H12ClN3O4/c1-9-6-7-10(8-12(9)20)23-18(26)15(17(25)22-19(23)27)14-11-4-2-3-5-13(11)21-16(14)24/h2-8,26H,1H3,(H,22,25,27). The van der Waals surface area contributed by atoms with Crippen molar-refractivity contribution in [3.05, 3.63) is 90.0 Å². The number of amides is 1. The van der Waals surface area contributed by atoms with E-state index in [4.69, 9.17) is 11.6 Å². The SMILES string of the molecule is Cc1ccc(-n2c(O)c(C3=c4ccccc4=NC3=O)c(=O)[nH]c2=O)cc1Cl. The number of aromatic nitrogens is 2. The number of H-pyrrole nitrogens is 1. The minimum Gasteiger partial charge on any atom is -0.494 e. The Kier molecular flexibility index (Phi) is 3.82. The number of fused-ring (bicyclic) bond motifs is 1. The maximum Gasteiger partial charge on any atom is 0.335 e. The van der Waals surface area contributed by atoms with E-state index in [1.54, 1.807) is 43.3 Å². The van der Waals surface area contributed by atoms with Crippen molar-refractivity contribution in [2.75, 3.05) is 0 Å². The van der Waals surface area contributed by atoms with Gasteiger partial charge in [0.15, 0.2) is 0 Å². The number of para-hydroxylation sites is 1. The number of carbonyl (C=O) groups is 1. The number of rotatable bonds is 2. The maximum absolute atomic E-state index is 12.4. The number of aromatic hydroxyl groups is 1. The molecule has 27 heavy (non-hydrogen) atoms. The molecular formula is C19H12ClN3O4. The lowest BCUT2D eigenvalue weighted by Gasteiger charge is -2.12. The van der Waals surface area contributed by atoms with Crippen LogP contribution in [-0.2, 0) is 4.79 Å². The van der Waals surface area contributed by atoms with E-state index in [0.29, 0.717) is 15.6 Å². The fraction of sp³-hybridized carbons (Fsp3) is 0.0526. The Morgan fingerprint density at radius 1 is 1.11 bits per heavy atom. The molecule has 8 heteroatoms. The number of nitrogens with zero attached hydrogens (tertiary/aromatic N) is 2. The molecule has 0 spiro atoms. The molecule has 0 aliphatic carbocycles. The summed E-state index contributed by atoms with van der Waals surface area (Å²) in [5.74, 6) is -1.32. The first-order valence-corrected chi connectivity index (χ1v) is 8.34. The number of aryl methyl sites for hydroxylation is 1. The molecule has 134 valence electrons. The Bertz CT molecular complexity index is 1370. The minimum atomic E-state index is -0.873. The lowest BCUT2D eigenvalue weighted by Crippen LogP contribution is -2.33. The number of halogens is 1. The average Bonchev–Trinajstić information content (AvgIpc) is 2.94. The van der Waals surface area contributed by atoms with E-state index in [1.165, 1.54) is 6.07 Å². The molecule has 7 nitrogen and oxygen atoms in total. The largest absolute Gasteiger partial charge is 0.494 e. The molecule has 0 radical (unpaired) electrons. The third kappa shape index (κ3) is 2.60. The highest BCUT2D eigenvalue weighted by atomic mass is 35.5. The summed E-state index contributed by atoms with van der Waals surface area (Å²) >= 11 is 6.11. The van der Waals surface area contributed by atoms with Gasteiger partial charge >= 0.3 is 5.69 Å². The van der Waals surface area contributed by atoms with Crippen molar-refractivity contribution in [3.63, 3.8) is 0 Å². The van der Waals surface area contributed by atoms with Gasteiger partial charge in [0, 0.05) is 10.2 Å². The van der Waals surface area contributed by atoms with Crippen LogP contribution in [0, 0.1) is 6.92 Å². The predicted molar refractivity (Wildman–Crippen MR) is 98.8 cm³/mol. The minimum absolute atomic E-state index is 0.0590. The summed E-state index contributed by atoms with van der Waals surface area (Å²) in [5.41, 5.74) is -1.06. The molecule has 2 aromatic carbocycles. The van der Waals surface area contributed by atoms with Crippen molar-refractivity contribution in [1.82, 2.24) is 9.55 Å². The molecule has 4 rings (SSSR count). The molecule has 2 heterocycles. The van der Waals surface area contributed by atoms with Crippen molar-refractivity contribution >= 4 is 23.1 Å². The molecule has 1 amide bonds. The van der Waals surface area contributed by atoms with Crippen molar-refractivity contribution < 1.29 is 9.90 Å². The van der Waals surface area contributed by atoms with Gasteiger partial charge in [-0.1, -0.05) is 35.9 Å². The summed E-state index contributed by atoms with van der Waals surface area (Å²) in [4.78, 5) is 43.2. The first kappa shape index (κ1) is 17.0. The van der Waals surface area contributed by atoms with Gasteiger partial charge in [-0.15, -0.1) is 0 Å². The average molecular weight is 382 g/mol. The van der Waals surface area contributed by atoms with Gasteiger partial charge in [-0.3, -0.25) is 14.6 Å². The van der Waals surface area contributed by atoms with Crippen molar-refractivity contribution in [3.8, 4) is 11.6 Å². The van der Waals surface area contributed by atoms with Gasteiger partial charge in [0.05, 0.1) is 16.6 Å². The summed E-state index contributed by atoms with van der Waals surface area (Å²) in [7, 11) is 0. The normalized spacial score (nSPS) is 12.8. The Hall–Kier alpha value is -3.45. The third-order valence-corrected chi connectivity index (χ3v) is 4.77. The van der Waals surface area contributed by atoms with Crippen molar-refractivity contribution in [1.29, 1.82) is 0 Å². The van der Waals surface area contributed by atoms with E-state index in [-0.39, 0.29) is 16.8 Å². The lowest BCUT2D eigenvalue weighted by molar-refractivity contribution is -0.112. The zero-order valence-electron chi connectivity index (χ0n) is 14.0. The summed E-state index contributed by atoms with van der Waals surface area (Å²) < 4.78 is 0.892. The van der Waals surface area contributed by atoms with Gasteiger partial charge in [0.2, 0.25) is 5.88 Å². The number of benzene rings is 2. The van der Waals surface area contributed by atoms with Crippen LogP contribution in [0.25, 0.3) is 11.3 Å². The van der Waals surface area contributed by atoms with Crippen LogP contribution in [0.15, 0.2) is 57.0 Å². The molecule has 1 aliphatic heterocycles. The lowest BCUT2D eigenvalue weighted by atomic mass is 10.1. The monoisotopic (exact) mass is 381 g/mol. The first-order valence-electron chi connectivity index (χ1n) is 7.96. The molecule has 0 unspecified atom stereocenters. The highest BCUT2D eigenvalue weighted by Gasteiger charge is 2.27. The summed E-state index contributed by atoms with van der Waals surface area (Å²) in [5, 5.41) is 11.9. The highest BCUT2D eigenvalue weighted by molar-refractivity contribution is 6.31. The van der Waals surface area contributed by atoms with E-state index in [1.807, 2.05) is 0 Å². The van der Waals surface area contributed by atoms with Gasteiger partial charge in [-0.2, -0.15) is 0 Å². The summed E-state index contributed by atoms with van der Waals surface area (Å²) in [6.07, 6.45) is 0. The van der Waals surface area contributed by atoms with E-state index in [0.717, 1.165) is 10.1 Å². The number of carbonyl (C=O) groups excluding carboxylic acids is 1. The van der Waals surface area contributed by atoms with Gasteiger partial charge in [-0.25, -0.2) is 14.4 Å².